The maximum Gasteiger partial charge on any atom is 0.419 e. The lowest BCUT2D eigenvalue weighted by atomic mass is 10.1. The van der Waals surface area contributed by atoms with Crippen molar-refractivity contribution in [3.8, 4) is 5.75 Å². The first-order valence-corrected chi connectivity index (χ1v) is 12.3. The number of aromatic nitrogens is 1. The number of anilines is 1. The maximum atomic E-state index is 13.2. The van der Waals surface area contributed by atoms with Gasteiger partial charge in [-0.1, -0.05) is 41.9 Å². The lowest BCUT2D eigenvalue weighted by Crippen LogP contribution is -2.45. The highest BCUT2D eigenvalue weighted by Gasteiger charge is 2.27. The number of oxazole rings is 1. The lowest BCUT2D eigenvalue weighted by Gasteiger charge is -2.19. The van der Waals surface area contributed by atoms with E-state index in [4.69, 9.17) is 20.8 Å². The molecule has 4 aromatic rings. The van der Waals surface area contributed by atoms with E-state index in [9.17, 15) is 18.0 Å². The Hall–Kier alpha value is -3.60. The smallest absolute Gasteiger partial charge is 0.419 e. The SMILES string of the molecule is COc1ccc(NC(=O)[C@H](Cc2ccccc2)NS(=O)(=O)c2ccc3c(c2)oc(=O)n3C)cc1Cl. The average molecular weight is 516 g/mol. The van der Waals surface area contributed by atoms with E-state index in [0.29, 0.717) is 22.0 Å². The fourth-order valence-electron chi connectivity index (χ4n) is 3.55. The minimum atomic E-state index is -4.16. The second-order valence-electron chi connectivity index (χ2n) is 7.76. The molecule has 0 unspecified atom stereocenters. The summed E-state index contributed by atoms with van der Waals surface area (Å²) in [6.07, 6.45) is 0.0957. The molecule has 1 aromatic heterocycles. The van der Waals surface area contributed by atoms with Gasteiger partial charge in [0.1, 0.15) is 11.8 Å². The summed E-state index contributed by atoms with van der Waals surface area (Å²) < 4.78 is 40.4. The Morgan fingerprint density at radius 1 is 1.11 bits per heavy atom. The van der Waals surface area contributed by atoms with Crippen molar-refractivity contribution in [1.29, 1.82) is 0 Å². The Bertz CT molecular complexity index is 1550. The minimum Gasteiger partial charge on any atom is -0.495 e. The molecule has 0 saturated heterocycles. The zero-order valence-electron chi connectivity index (χ0n) is 18.8. The zero-order valence-corrected chi connectivity index (χ0v) is 20.4. The van der Waals surface area contributed by atoms with E-state index in [1.54, 1.807) is 36.4 Å². The van der Waals surface area contributed by atoms with Gasteiger partial charge >= 0.3 is 5.76 Å². The number of aryl methyl sites for hydroxylation is 1. The number of carbonyl (C=O) groups is 1. The molecule has 0 saturated carbocycles. The van der Waals surface area contributed by atoms with Gasteiger partial charge in [0.25, 0.3) is 0 Å². The Labute approximate surface area is 206 Å². The van der Waals surface area contributed by atoms with Gasteiger partial charge in [0.05, 0.1) is 22.5 Å². The predicted octanol–water partition coefficient (Wildman–Crippen LogP) is 3.32. The molecule has 0 aliphatic heterocycles. The van der Waals surface area contributed by atoms with E-state index in [1.807, 2.05) is 6.07 Å². The van der Waals surface area contributed by atoms with Gasteiger partial charge in [0, 0.05) is 18.8 Å². The molecule has 4 rings (SSSR count). The highest BCUT2D eigenvalue weighted by Crippen LogP contribution is 2.27. The number of nitrogens with one attached hydrogen (secondary N) is 2. The van der Waals surface area contributed by atoms with Crippen molar-refractivity contribution in [3.05, 3.63) is 87.9 Å². The molecule has 0 spiro atoms. The topological polar surface area (TPSA) is 120 Å². The summed E-state index contributed by atoms with van der Waals surface area (Å²) >= 11 is 6.15. The average Bonchev–Trinajstić information content (AvgIpc) is 3.12. The normalized spacial score (nSPS) is 12.4. The summed E-state index contributed by atoms with van der Waals surface area (Å²) in [4.78, 5) is 24.8. The number of hydrogen-bond acceptors (Lipinski definition) is 6. The van der Waals surface area contributed by atoms with Crippen LogP contribution in [0.4, 0.5) is 5.69 Å². The number of hydrogen-bond donors (Lipinski definition) is 2. The first-order valence-electron chi connectivity index (χ1n) is 10.5. The third-order valence-electron chi connectivity index (χ3n) is 5.39. The van der Waals surface area contributed by atoms with Gasteiger partial charge in [0.15, 0.2) is 5.58 Å². The molecule has 182 valence electrons. The molecule has 0 radical (unpaired) electrons. The molecular formula is C24H22ClN3O6S. The van der Waals surface area contributed by atoms with Crippen LogP contribution in [-0.2, 0) is 28.3 Å². The van der Waals surface area contributed by atoms with E-state index in [2.05, 4.69) is 10.0 Å². The molecule has 1 heterocycles. The van der Waals surface area contributed by atoms with Crippen LogP contribution in [-0.4, -0.2) is 32.0 Å². The predicted molar refractivity (Wildman–Crippen MR) is 132 cm³/mol. The number of benzene rings is 3. The molecule has 1 amide bonds. The van der Waals surface area contributed by atoms with Crippen LogP contribution in [0.2, 0.25) is 5.02 Å². The third kappa shape index (κ3) is 5.40. The summed E-state index contributed by atoms with van der Waals surface area (Å²) in [5.41, 5.74) is 1.71. The molecule has 2 N–H and O–H groups in total. The summed E-state index contributed by atoms with van der Waals surface area (Å²) in [7, 11) is -1.16. The lowest BCUT2D eigenvalue weighted by molar-refractivity contribution is -0.117. The molecule has 11 heteroatoms. The number of halogens is 1. The summed E-state index contributed by atoms with van der Waals surface area (Å²) in [5.74, 6) is -0.748. The van der Waals surface area contributed by atoms with Gasteiger partial charge in [0.2, 0.25) is 15.9 Å². The van der Waals surface area contributed by atoms with Crippen LogP contribution in [0, 0.1) is 0 Å². The Morgan fingerprint density at radius 3 is 2.54 bits per heavy atom. The Morgan fingerprint density at radius 2 is 1.86 bits per heavy atom. The highest BCUT2D eigenvalue weighted by molar-refractivity contribution is 7.89. The van der Waals surface area contributed by atoms with E-state index < -0.39 is 27.7 Å². The summed E-state index contributed by atoms with van der Waals surface area (Å²) in [5, 5.41) is 2.99. The molecule has 3 aromatic carbocycles. The zero-order chi connectivity index (χ0) is 25.2. The molecule has 0 fully saturated rings. The van der Waals surface area contributed by atoms with Crippen molar-refractivity contribution in [2.45, 2.75) is 17.4 Å². The van der Waals surface area contributed by atoms with Crippen LogP contribution in [0.15, 0.2) is 80.8 Å². The molecule has 9 nitrogen and oxygen atoms in total. The number of sulfonamides is 1. The van der Waals surface area contributed by atoms with Gasteiger partial charge in [-0.05, 0) is 42.3 Å². The number of fused-ring (bicyclic) bond motifs is 1. The van der Waals surface area contributed by atoms with E-state index in [0.717, 1.165) is 5.56 Å². The van der Waals surface area contributed by atoms with Crippen LogP contribution in [0.3, 0.4) is 0 Å². The molecule has 1 atom stereocenters. The molecular weight excluding hydrogens is 494 g/mol. The van der Waals surface area contributed by atoms with Crippen molar-refractivity contribution in [2.75, 3.05) is 12.4 Å². The first-order chi connectivity index (χ1) is 16.7. The Balaban J connectivity index is 1.63. The molecule has 35 heavy (non-hydrogen) atoms. The van der Waals surface area contributed by atoms with Gasteiger partial charge in [-0.3, -0.25) is 9.36 Å². The number of ether oxygens (including phenoxy) is 1. The number of amides is 1. The minimum absolute atomic E-state index is 0.0957. The fourth-order valence-corrected chi connectivity index (χ4v) is 5.02. The maximum absolute atomic E-state index is 13.2. The van der Waals surface area contributed by atoms with E-state index >= 15 is 0 Å². The monoisotopic (exact) mass is 515 g/mol. The van der Waals surface area contributed by atoms with Crippen LogP contribution in [0.5, 0.6) is 5.75 Å². The van der Waals surface area contributed by atoms with Crippen molar-refractivity contribution < 1.29 is 22.4 Å². The number of rotatable bonds is 8. The molecule has 0 bridgehead atoms. The highest BCUT2D eigenvalue weighted by atomic mass is 35.5. The molecule has 0 aliphatic carbocycles. The summed E-state index contributed by atoms with van der Waals surface area (Å²) in [6.45, 7) is 0. The van der Waals surface area contributed by atoms with E-state index in [1.165, 1.54) is 43.0 Å². The number of nitrogens with zero attached hydrogens (tertiary/aromatic N) is 1. The second-order valence-corrected chi connectivity index (χ2v) is 9.88. The fraction of sp³-hybridized carbons (Fsp3) is 0.167. The van der Waals surface area contributed by atoms with Crippen LogP contribution >= 0.6 is 11.6 Å². The van der Waals surface area contributed by atoms with E-state index in [-0.39, 0.29) is 16.9 Å². The second kappa shape index (κ2) is 9.95. The Kier molecular flexibility index (Phi) is 6.97. The van der Waals surface area contributed by atoms with Gasteiger partial charge in [-0.15, -0.1) is 0 Å². The summed E-state index contributed by atoms with van der Waals surface area (Å²) in [6, 6.07) is 16.6. The molecule has 0 aliphatic rings. The van der Waals surface area contributed by atoms with Gasteiger partial charge < -0.3 is 14.5 Å². The van der Waals surface area contributed by atoms with Crippen molar-refractivity contribution in [1.82, 2.24) is 9.29 Å². The standard InChI is InChI=1S/C24H22ClN3O6S/c1-28-20-10-9-17(14-22(20)34-24(28)30)35(31,32)27-19(12-15-6-4-3-5-7-15)23(29)26-16-8-11-21(33-2)18(25)13-16/h3-11,13-14,19,27H,12H2,1-2H3,(H,26,29)/t19-/m0/s1. The van der Waals surface area contributed by atoms with Crippen LogP contribution in [0.25, 0.3) is 11.1 Å². The first kappa shape index (κ1) is 24.5. The van der Waals surface area contributed by atoms with Crippen LogP contribution in [0.1, 0.15) is 5.56 Å². The van der Waals surface area contributed by atoms with Gasteiger partial charge in [-0.25, -0.2) is 13.2 Å². The van der Waals surface area contributed by atoms with Crippen molar-refractivity contribution >= 4 is 44.3 Å². The number of carbonyl (C=O) groups excluding carboxylic acids is 1. The van der Waals surface area contributed by atoms with Crippen molar-refractivity contribution in [3.63, 3.8) is 0 Å². The van der Waals surface area contributed by atoms with Crippen LogP contribution < -0.4 is 20.5 Å². The number of methoxy groups -OCH3 is 1. The quantitative estimate of drug-likeness (QED) is 0.371. The third-order valence-corrected chi connectivity index (χ3v) is 7.15. The van der Waals surface area contributed by atoms with Crippen molar-refractivity contribution in [2.24, 2.45) is 7.05 Å². The largest absolute Gasteiger partial charge is 0.495 e. The van der Waals surface area contributed by atoms with Gasteiger partial charge in [-0.2, -0.15) is 4.72 Å².